The number of amides is 3. The molecule has 0 radical (unpaired) electrons. The summed E-state index contributed by atoms with van der Waals surface area (Å²) in [4.78, 5) is 39.4. The maximum absolute atomic E-state index is 12.1. The molecular formula is C17H27N4O4+. The quantitative estimate of drug-likeness (QED) is 0.610. The molecular weight excluding hydrogens is 324 g/mol. The van der Waals surface area contributed by atoms with Gasteiger partial charge in [-0.05, 0) is 12.1 Å². The van der Waals surface area contributed by atoms with E-state index in [4.69, 9.17) is 4.74 Å². The van der Waals surface area contributed by atoms with Crippen molar-refractivity contribution >= 4 is 23.4 Å². The number of likely N-dealkylation sites (N-methyl/N-ethyl adjacent to an activating group) is 3. The van der Waals surface area contributed by atoms with E-state index in [0.717, 1.165) is 4.90 Å². The van der Waals surface area contributed by atoms with Crippen LogP contribution in [0.1, 0.15) is 0 Å². The third-order valence-electron chi connectivity index (χ3n) is 3.57. The normalized spacial score (nSPS) is 11.4. The Hall–Kier alpha value is -2.61. The second kappa shape index (κ2) is 9.63. The van der Waals surface area contributed by atoms with E-state index in [-0.39, 0.29) is 37.4 Å². The molecule has 1 aromatic carbocycles. The molecule has 0 saturated carbocycles. The van der Waals surface area contributed by atoms with Crippen molar-refractivity contribution in [3.8, 4) is 5.75 Å². The lowest BCUT2D eigenvalue weighted by molar-refractivity contribution is -0.862. The molecule has 1 rings (SSSR count). The molecule has 2 N–H and O–H groups in total. The Morgan fingerprint density at radius 2 is 1.80 bits per heavy atom. The van der Waals surface area contributed by atoms with Crippen LogP contribution in [0, 0.1) is 0 Å². The topological polar surface area (TPSA) is 83.4 Å². The highest BCUT2D eigenvalue weighted by Crippen LogP contribution is 2.16. The highest BCUT2D eigenvalue weighted by atomic mass is 16.5. The molecule has 0 aliphatic heterocycles. The van der Waals surface area contributed by atoms with Gasteiger partial charge in [0.2, 0.25) is 5.91 Å². The fourth-order valence-electron chi connectivity index (χ4n) is 2.07. The van der Waals surface area contributed by atoms with Crippen LogP contribution in [-0.2, 0) is 14.4 Å². The average Bonchev–Trinajstić information content (AvgIpc) is 2.54. The Kier molecular flexibility index (Phi) is 7.87. The summed E-state index contributed by atoms with van der Waals surface area (Å²) in [6.07, 6.45) is 0. The molecule has 1 aromatic rings. The van der Waals surface area contributed by atoms with E-state index in [0.29, 0.717) is 11.4 Å². The summed E-state index contributed by atoms with van der Waals surface area (Å²) in [5.41, 5.74) is 0.636. The number of benzene rings is 1. The Balaban J connectivity index is 2.46. The lowest BCUT2D eigenvalue weighted by atomic mass is 10.3. The van der Waals surface area contributed by atoms with Crippen molar-refractivity contribution in [1.82, 2.24) is 9.80 Å². The highest BCUT2D eigenvalue weighted by molar-refractivity contribution is 5.91. The number of hydrogen-bond acceptors (Lipinski definition) is 4. The van der Waals surface area contributed by atoms with Crippen LogP contribution >= 0.6 is 0 Å². The average molecular weight is 351 g/mol. The molecule has 0 saturated heterocycles. The minimum atomic E-state index is -0.203. The lowest BCUT2D eigenvalue weighted by Crippen LogP contribution is -3.11. The van der Waals surface area contributed by atoms with Crippen molar-refractivity contribution in [3.05, 3.63) is 24.3 Å². The Morgan fingerprint density at radius 3 is 2.40 bits per heavy atom. The molecule has 1 atom stereocenters. The summed E-state index contributed by atoms with van der Waals surface area (Å²) in [6, 6.07) is 7.06. The standard InChI is InChI=1S/C17H26N4O4/c1-19(2)16(23)12-21(4)17(24)11-20(3)10-15(22)18-13-7-6-8-14(9-13)25-5/h6-9H,10-12H2,1-5H3,(H,18,22)/p+1. The molecule has 0 aliphatic carbocycles. The summed E-state index contributed by atoms with van der Waals surface area (Å²) in [5.74, 6) is 0.109. The van der Waals surface area contributed by atoms with Crippen LogP contribution in [0.15, 0.2) is 24.3 Å². The van der Waals surface area contributed by atoms with E-state index in [1.54, 1.807) is 59.6 Å². The Bertz CT molecular complexity index is 618. The zero-order valence-electron chi connectivity index (χ0n) is 15.5. The fraction of sp³-hybridized carbons (Fsp3) is 0.471. The number of hydrogen-bond donors (Lipinski definition) is 2. The molecule has 3 amide bonds. The third kappa shape index (κ3) is 7.21. The predicted molar refractivity (Wildman–Crippen MR) is 94.6 cm³/mol. The van der Waals surface area contributed by atoms with Gasteiger partial charge in [0.1, 0.15) is 5.75 Å². The number of rotatable bonds is 8. The van der Waals surface area contributed by atoms with E-state index in [1.165, 1.54) is 9.80 Å². The monoisotopic (exact) mass is 351 g/mol. The minimum absolute atomic E-state index is 0.0229. The summed E-state index contributed by atoms with van der Waals surface area (Å²) in [6.45, 7) is 0.288. The van der Waals surface area contributed by atoms with Crippen molar-refractivity contribution in [1.29, 1.82) is 0 Å². The number of nitrogens with one attached hydrogen (secondary N) is 2. The van der Waals surface area contributed by atoms with Crippen LogP contribution < -0.4 is 15.0 Å². The molecule has 1 unspecified atom stereocenters. The smallest absolute Gasteiger partial charge is 0.279 e. The number of carbonyl (C=O) groups is 3. The van der Waals surface area contributed by atoms with Crippen molar-refractivity contribution < 1.29 is 24.0 Å². The van der Waals surface area contributed by atoms with E-state index < -0.39 is 0 Å². The molecule has 8 nitrogen and oxygen atoms in total. The van der Waals surface area contributed by atoms with Gasteiger partial charge in [0.25, 0.3) is 11.8 Å². The number of nitrogens with zero attached hydrogens (tertiary/aromatic N) is 2. The highest BCUT2D eigenvalue weighted by Gasteiger charge is 2.19. The van der Waals surface area contributed by atoms with E-state index >= 15 is 0 Å². The third-order valence-corrected chi connectivity index (χ3v) is 3.57. The maximum atomic E-state index is 12.1. The molecule has 25 heavy (non-hydrogen) atoms. The largest absolute Gasteiger partial charge is 0.497 e. The van der Waals surface area contributed by atoms with Crippen molar-refractivity contribution in [3.63, 3.8) is 0 Å². The van der Waals surface area contributed by atoms with Crippen molar-refractivity contribution in [2.45, 2.75) is 0 Å². The minimum Gasteiger partial charge on any atom is -0.497 e. The first-order valence-corrected chi connectivity index (χ1v) is 7.92. The van der Waals surface area contributed by atoms with Gasteiger partial charge in [0, 0.05) is 32.9 Å². The SMILES string of the molecule is COc1cccc(NC(=O)C[NH+](C)CC(=O)N(C)CC(=O)N(C)C)c1. The number of carbonyl (C=O) groups excluding carboxylic acids is 3. The van der Waals surface area contributed by atoms with Gasteiger partial charge in [-0.1, -0.05) is 6.07 Å². The Morgan fingerprint density at radius 1 is 1.12 bits per heavy atom. The molecule has 0 fully saturated rings. The summed E-state index contributed by atoms with van der Waals surface area (Å²) >= 11 is 0. The van der Waals surface area contributed by atoms with Gasteiger partial charge in [-0.15, -0.1) is 0 Å². The fourth-order valence-corrected chi connectivity index (χ4v) is 2.07. The number of anilines is 1. The van der Waals surface area contributed by atoms with E-state index in [1.807, 2.05) is 0 Å². The zero-order valence-corrected chi connectivity index (χ0v) is 15.5. The first-order chi connectivity index (χ1) is 11.7. The van der Waals surface area contributed by atoms with Gasteiger partial charge in [-0.25, -0.2) is 0 Å². The van der Waals surface area contributed by atoms with Gasteiger partial charge in [-0.2, -0.15) is 0 Å². The van der Waals surface area contributed by atoms with Crippen LogP contribution in [0.25, 0.3) is 0 Å². The van der Waals surface area contributed by atoms with E-state index in [9.17, 15) is 14.4 Å². The first-order valence-electron chi connectivity index (χ1n) is 7.92. The lowest BCUT2D eigenvalue weighted by Gasteiger charge is -2.21. The van der Waals surface area contributed by atoms with E-state index in [2.05, 4.69) is 5.32 Å². The predicted octanol–water partition coefficient (Wildman–Crippen LogP) is -1.30. The summed E-state index contributed by atoms with van der Waals surface area (Å²) in [7, 11) is 8.17. The van der Waals surface area contributed by atoms with Gasteiger partial charge in [-0.3, -0.25) is 14.4 Å². The number of ether oxygens (including phenoxy) is 1. The molecule has 138 valence electrons. The molecule has 0 bridgehead atoms. The van der Waals surface area contributed by atoms with Gasteiger partial charge in [0.15, 0.2) is 13.1 Å². The van der Waals surface area contributed by atoms with Crippen LogP contribution in [0.5, 0.6) is 5.75 Å². The van der Waals surface area contributed by atoms with Crippen LogP contribution in [-0.4, -0.2) is 82.5 Å². The number of quaternary nitrogens is 1. The number of methoxy groups -OCH3 is 1. The zero-order chi connectivity index (χ0) is 19.0. The van der Waals surface area contributed by atoms with Crippen molar-refractivity contribution in [2.24, 2.45) is 0 Å². The molecule has 0 heterocycles. The molecule has 0 aromatic heterocycles. The summed E-state index contributed by atoms with van der Waals surface area (Å²) in [5, 5.41) is 2.77. The van der Waals surface area contributed by atoms with Crippen LogP contribution in [0.4, 0.5) is 5.69 Å². The van der Waals surface area contributed by atoms with Gasteiger partial charge in [0.05, 0.1) is 20.7 Å². The van der Waals surface area contributed by atoms with Crippen molar-refractivity contribution in [2.75, 3.05) is 60.3 Å². The molecule has 0 aliphatic rings. The Labute approximate surface area is 148 Å². The molecule has 8 heteroatoms. The van der Waals surface area contributed by atoms with Crippen LogP contribution in [0.2, 0.25) is 0 Å². The molecule has 0 spiro atoms. The van der Waals surface area contributed by atoms with Crippen LogP contribution in [0.3, 0.4) is 0 Å². The second-order valence-electron chi connectivity index (χ2n) is 6.13. The second-order valence-corrected chi connectivity index (χ2v) is 6.13. The maximum Gasteiger partial charge on any atom is 0.279 e. The van der Waals surface area contributed by atoms with Gasteiger partial charge >= 0.3 is 0 Å². The first kappa shape index (κ1) is 20.4. The van der Waals surface area contributed by atoms with Gasteiger partial charge < -0.3 is 24.8 Å². The summed E-state index contributed by atoms with van der Waals surface area (Å²) < 4.78 is 5.11.